The van der Waals surface area contributed by atoms with E-state index in [1.54, 1.807) is 5.01 Å². The lowest BCUT2D eigenvalue weighted by Gasteiger charge is -2.27. The molecular formula is C23H24N4O4S. The van der Waals surface area contributed by atoms with E-state index in [4.69, 9.17) is 0 Å². The van der Waals surface area contributed by atoms with Crippen LogP contribution in [0.15, 0.2) is 89.8 Å². The molecule has 0 bridgehead atoms. The largest absolute Gasteiger partial charge is 0.326 e. The van der Waals surface area contributed by atoms with E-state index in [9.17, 15) is 18.0 Å². The summed E-state index contributed by atoms with van der Waals surface area (Å²) in [5, 5.41) is 4.16. The van der Waals surface area contributed by atoms with Gasteiger partial charge in [-0.2, -0.15) is 4.72 Å². The van der Waals surface area contributed by atoms with Gasteiger partial charge >= 0.3 is 0 Å². The van der Waals surface area contributed by atoms with Gasteiger partial charge in [-0.1, -0.05) is 36.4 Å². The van der Waals surface area contributed by atoms with Gasteiger partial charge in [-0.05, 0) is 55.5 Å². The summed E-state index contributed by atoms with van der Waals surface area (Å²) in [5.41, 5.74) is 4.69. The van der Waals surface area contributed by atoms with Crippen LogP contribution in [0.3, 0.4) is 0 Å². The Labute approximate surface area is 187 Å². The van der Waals surface area contributed by atoms with Gasteiger partial charge in [-0.25, -0.2) is 8.42 Å². The van der Waals surface area contributed by atoms with Gasteiger partial charge in [0.1, 0.15) is 0 Å². The van der Waals surface area contributed by atoms with Crippen molar-refractivity contribution in [3.05, 3.63) is 84.9 Å². The fourth-order valence-electron chi connectivity index (χ4n) is 2.91. The smallest absolute Gasteiger partial charge is 0.256 e. The van der Waals surface area contributed by atoms with Gasteiger partial charge < -0.3 is 5.32 Å². The molecule has 0 aliphatic heterocycles. The van der Waals surface area contributed by atoms with Crippen LogP contribution in [-0.4, -0.2) is 26.3 Å². The number of amides is 2. The number of carbonyl (C=O) groups is 2. The predicted molar refractivity (Wildman–Crippen MR) is 124 cm³/mol. The fourth-order valence-corrected chi connectivity index (χ4v) is 4.12. The SMILES string of the molecule is CC(=O)Nc1ccc(S(=O)(=O)N[C@@H](C)C(=O)NN(c2ccccc2)c2ccccc2)cc1. The lowest BCUT2D eigenvalue weighted by Crippen LogP contribution is -2.49. The normalized spacial score (nSPS) is 11.9. The molecule has 3 aromatic carbocycles. The molecule has 0 aliphatic carbocycles. The maximum atomic E-state index is 12.9. The third kappa shape index (κ3) is 5.93. The quantitative estimate of drug-likeness (QED) is 0.455. The van der Waals surface area contributed by atoms with Crippen LogP contribution < -0.4 is 20.5 Å². The Morgan fingerprint density at radius 2 is 1.31 bits per heavy atom. The molecule has 0 saturated carbocycles. The van der Waals surface area contributed by atoms with E-state index >= 15 is 0 Å². The lowest BCUT2D eigenvalue weighted by molar-refractivity contribution is -0.122. The number of para-hydroxylation sites is 2. The summed E-state index contributed by atoms with van der Waals surface area (Å²) in [6, 6.07) is 23.0. The second kappa shape index (κ2) is 10.1. The van der Waals surface area contributed by atoms with Crippen LogP contribution in [0.2, 0.25) is 0 Å². The maximum absolute atomic E-state index is 12.9. The highest BCUT2D eigenvalue weighted by molar-refractivity contribution is 7.89. The summed E-state index contributed by atoms with van der Waals surface area (Å²) >= 11 is 0. The van der Waals surface area contributed by atoms with Crippen LogP contribution in [0.5, 0.6) is 0 Å². The van der Waals surface area contributed by atoms with Crippen molar-refractivity contribution in [1.29, 1.82) is 0 Å². The van der Waals surface area contributed by atoms with E-state index in [2.05, 4.69) is 15.5 Å². The first kappa shape index (κ1) is 23.0. The molecule has 8 nitrogen and oxygen atoms in total. The van der Waals surface area contributed by atoms with Crippen LogP contribution in [-0.2, 0) is 19.6 Å². The maximum Gasteiger partial charge on any atom is 0.256 e. The predicted octanol–water partition coefficient (Wildman–Crippen LogP) is 3.18. The van der Waals surface area contributed by atoms with E-state index < -0.39 is 22.0 Å². The van der Waals surface area contributed by atoms with Crippen molar-refractivity contribution < 1.29 is 18.0 Å². The van der Waals surface area contributed by atoms with E-state index in [0.717, 1.165) is 11.4 Å². The van der Waals surface area contributed by atoms with Crippen molar-refractivity contribution in [2.75, 3.05) is 10.3 Å². The molecular weight excluding hydrogens is 428 g/mol. The number of hydrazine groups is 1. The van der Waals surface area contributed by atoms with Gasteiger partial charge in [-0.15, -0.1) is 0 Å². The van der Waals surface area contributed by atoms with E-state index in [-0.39, 0.29) is 10.8 Å². The van der Waals surface area contributed by atoms with E-state index in [1.807, 2.05) is 60.7 Å². The molecule has 0 fully saturated rings. The molecule has 0 unspecified atom stereocenters. The van der Waals surface area contributed by atoms with Gasteiger partial charge in [0, 0.05) is 12.6 Å². The summed E-state index contributed by atoms with van der Waals surface area (Å²) in [5.74, 6) is -0.790. The summed E-state index contributed by atoms with van der Waals surface area (Å²) < 4.78 is 27.8. The van der Waals surface area contributed by atoms with Gasteiger partial charge in [0.25, 0.3) is 5.91 Å². The Bertz CT molecular complexity index is 1130. The third-order valence-corrected chi connectivity index (χ3v) is 6.02. The molecule has 0 aromatic heterocycles. The van der Waals surface area contributed by atoms with Crippen molar-refractivity contribution in [3.8, 4) is 0 Å². The Morgan fingerprint density at radius 3 is 1.78 bits per heavy atom. The first-order chi connectivity index (χ1) is 15.3. The number of hydrogen-bond donors (Lipinski definition) is 3. The second-order valence-corrected chi connectivity index (χ2v) is 8.75. The molecule has 2 amide bonds. The lowest BCUT2D eigenvalue weighted by atomic mass is 10.2. The number of nitrogens with zero attached hydrogens (tertiary/aromatic N) is 1. The van der Waals surface area contributed by atoms with Crippen LogP contribution in [0.25, 0.3) is 0 Å². The zero-order chi connectivity index (χ0) is 23.1. The van der Waals surface area contributed by atoms with Crippen molar-refractivity contribution >= 4 is 38.9 Å². The van der Waals surface area contributed by atoms with Crippen LogP contribution >= 0.6 is 0 Å². The van der Waals surface area contributed by atoms with Gasteiger partial charge in [0.05, 0.1) is 22.3 Å². The van der Waals surface area contributed by atoms with Gasteiger partial charge in [-0.3, -0.25) is 20.0 Å². The molecule has 0 aliphatic rings. The van der Waals surface area contributed by atoms with Crippen molar-refractivity contribution in [2.45, 2.75) is 24.8 Å². The number of rotatable bonds is 8. The van der Waals surface area contributed by atoms with E-state index in [1.165, 1.54) is 38.1 Å². The molecule has 0 saturated heterocycles. The minimum atomic E-state index is -3.96. The second-order valence-electron chi connectivity index (χ2n) is 7.03. The van der Waals surface area contributed by atoms with Crippen molar-refractivity contribution in [2.24, 2.45) is 0 Å². The van der Waals surface area contributed by atoms with Crippen LogP contribution in [0.1, 0.15) is 13.8 Å². The Hall–Kier alpha value is -3.69. The highest BCUT2D eigenvalue weighted by Crippen LogP contribution is 2.22. The highest BCUT2D eigenvalue weighted by atomic mass is 32.2. The van der Waals surface area contributed by atoms with E-state index in [0.29, 0.717) is 5.69 Å². The summed E-state index contributed by atoms with van der Waals surface area (Å²) in [6.45, 7) is 2.83. The Balaban J connectivity index is 1.74. The Morgan fingerprint density at radius 1 is 0.812 bits per heavy atom. The number of carbonyl (C=O) groups excluding carboxylic acids is 2. The third-order valence-electron chi connectivity index (χ3n) is 4.46. The number of hydrogen-bond acceptors (Lipinski definition) is 5. The van der Waals surface area contributed by atoms with Crippen molar-refractivity contribution in [1.82, 2.24) is 10.1 Å². The molecule has 166 valence electrons. The van der Waals surface area contributed by atoms with Gasteiger partial charge in [0.2, 0.25) is 15.9 Å². The minimum absolute atomic E-state index is 0.0192. The topological polar surface area (TPSA) is 108 Å². The molecule has 32 heavy (non-hydrogen) atoms. The molecule has 9 heteroatoms. The fraction of sp³-hybridized carbons (Fsp3) is 0.130. The number of benzene rings is 3. The highest BCUT2D eigenvalue weighted by Gasteiger charge is 2.24. The standard InChI is InChI=1S/C23H24N4O4S/c1-17(26-32(30,31)22-15-13-19(14-16-22)24-18(2)28)23(29)25-27(20-9-5-3-6-10-20)21-11-7-4-8-12-21/h3-17,26H,1-2H3,(H,24,28)(H,25,29)/t17-/m0/s1. The van der Waals surface area contributed by atoms with Gasteiger partial charge in [0.15, 0.2) is 0 Å². The molecule has 3 rings (SSSR count). The monoisotopic (exact) mass is 452 g/mol. The molecule has 3 aromatic rings. The molecule has 3 N–H and O–H groups in total. The molecule has 0 spiro atoms. The molecule has 0 radical (unpaired) electrons. The number of sulfonamides is 1. The van der Waals surface area contributed by atoms with Crippen LogP contribution in [0, 0.1) is 0 Å². The summed E-state index contributed by atoms with van der Waals surface area (Å²) in [7, 11) is -3.96. The average Bonchev–Trinajstić information content (AvgIpc) is 2.78. The minimum Gasteiger partial charge on any atom is -0.326 e. The summed E-state index contributed by atoms with van der Waals surface area (Å²) in [6.07, 6.45) is 0. The first-order valence-electron chi connectivity index (χ1n) is 9.87. The first-order valence-corrected chi connectivity index (χ1v) is 11.4. The average molecular weight is 453 g/mol. The number of nitrogens with one attached hydrogen (secondary N) is 3. The zero-order valence-corrected chi connectivity index (χ0v) is 18.5. The van der Waals surface area contributed by atoms with Crippen LogP contribution in [0.4, 0.5) is 17.1 Å². The Kier molecular flexibility index (Phi) is 7.24. The summed E-state index contributed by atoms with van der Waals surface area (Å²) in [4.78, 5) is 24.0. The molecule has 0 heterocycles. The van der Waals surface area contributed by atoms with Crippen molar-refractivity contribution in [3.63, 3.8) is 0 Å². The molecule has 1 atom stereocenters. The number of anilines is 3. The zero-order valence-electron chi connectivity index (χ0n) is 17.6.